The highest BCUT2D eigenvalue weighted by molar-refractivity contribution is 6.35. The quantitative estimate of drug-likeness (QED) is 0.0963. The van der Waals surface area contributed by atoms with Crippen LogP contribution in [0.3, 0.4) is 0 Å². The van der Waals surface area contributed by atoms with Crippen LogP contribution < -0.4 is 47.3 Å². The van der Waals surface area contributed by atoms with Crippen LogP contribution in [0, 0.1) is 11.8 Å². The molecule has 382 valence electrons. The highest BCUT2D eigenvalue weighted by atomic mass is 35.5. The predicted octanol–water partition coefficient (Wildman–Crippen LogP) is 4.41. The van der Waals surface area contributed by atoms with Crippen molar-refractivity contribution in [2.24, 2.45) is 17.6 Å². The normalized spacial score (nSPS) is 26.6. The molecule has 0 aliphatic carbocycles. The molecule has 3 heterocycles. The lowest BCUT2D eigenvalue weighted by atomic mass is 9.83. The minimum absolute atomic E-state index is 0.101. The van der Waals surface area contributed by atoms with E-state index in [1.165, 1.54) is 50.3 Å². The Morgan fingerprint density at radius 1 is 1.04 bits per heavy atom. The number of benzene rings is 2. The van der Waals surface area contributed by atoms with Gasteiger partial charge in [-0.1, -0.05) is 56.2 Å². The van der Waals surface area contributed by atoms with Gasteiger partial charge in [-0.3, -0.25) is 29.8 Å². The number of amides is 8. The number of alkyl carbamates (subject to hydrolysis) is 1. The fourth-order valence-electron chi connectivity index (χ4n) is 8.55. The molecule has 5 rings (SSSR count). The van der Waals surface area contributed by atoms with Crippen molar-refractivity contribution in [2.75, 3.05) is 43.3 Å². The van der Waals surface area contributed by atoms with Gasteiger partial charge in [0, 0.05) is 51.3 Å². The van der Waals surface area contributed by atoms with Gasteiger partial charge < -0.3 is 60.7 Å². The highest BCUT2D eigenvalue weighted by Crippen LogP contribution is 2.49. The second-order valence-corrected chi connectivity index (χ2v) is 18.7. The molecule has 70 heavy (non-hydrogen) atoms. The number of fused-ring (bicyclic) bond motifs is 5. The van der Waals surface area contributed by atoms with Gasteiger partial charge in [0.15, 0.2) is 5.72 Å². The molecule has 0 saturated carbocycles. The molecule has 21 nitrogen and oxygen atoms in total. The standard InChI is InChI=1S/C48H65ClN8O13/c1-25(2)40(52-28(5)58)43(61)55-32(13-11-19-51-44(50)62)42(60)53-30-15-17-31(18-16-30)54-45(63)69-37-23-38(59)57(7)33-21-29(22-34(66-8)39(33)49)20-26(3)12-10-14-36(67-9)48(65)24-35(68-46(64)56-48)27(4)41-47(37,6)70-41/h10,12,14-18,21-22,25,27,32,35-37,40-41,65H,11,13,19-20,23-24H2,1-9H3,(H,52,58)(H,53,60)(H,54,63)(H,55,61)(H,56,64)(H3,50,51,62)/b14-10+,26-12+/t27-,32+,35+,36-,37+,40+,41+,47+,48+/m1/s1. The third kappa shape index (κ3) is 13.9. The van der Waals surface area contributed by atoms with Crippen molar-refractivity contribution in [3.8, 4) is 5.75 Å². The number of anilines is 3. The maximum absolute atomic E-state index is 14.3. The summed E-state index contributed by atoms with van der Waals surface area (Å²) >= 11 is 6.80. The molecule has 3 aliphatic rings. The number of primary amides is 1. The number of methoxy groups -OCH3 is 2. The van der Waals surface area contributed by atoms with Crippen LogP contribution in [0.4, 0.5) is 31.4 Å². The number of hydrogen-bond donors (Lipinski definition) is 8. The number of aliphatic hydroxyl groups is 1. The molecule has 2 saturated heterocycles. The lowest BCUT2D eigenvalue weighted by Gasteiger charge is -2.42. The van der Waals surface area contributed by atoms with Gasteiger partial charge in [-0.25, -0.2) is 14.4 Å². The summed E-state index contributed by atoms with van der Waals surface area (Å²) in [5.41, 5.74) is 4.54. The van der Waals surface area contributed by atoms with Crippen LogP contribution in [0.25, 0.3) is 0 Å². The Balaban J connectivity index is 1.38. The van der Waals surface area contributed by atoms with Crippen LogP contribution in [0.1, 0.15) is 72.8 Å². The molecule has 8 amide bonds. The highest BCUT2D eigenvalue weighted by Gasteiger charge is 2.64. The van der Waals surface area contributed by atoms with Crippen molar-refractivity contribution in [3.05, 3.63) is 70.8 Å². The van der Waals surface area contributed by atoms with Crippen LogP contribution in [0.2, 0.25) is 5.02 Å². The second kappa shape index (κ2) is 23.5. The number of nitrogens with one attached hydrogen (secondary N) is 6. The molecule has 9 N–H and O–H groups in total. The SMILES string of the molecule is COc1cc2cc(c1Cl)N(C)C(=O)C[C@H](OC(=O)Nc1ccc(NC(=O)[C@H](CCCNC(N)=O)NC(=O)[C@@H](NC(C)=O)C(C)C)cc1)[C@]1(C)O[C@H]1[C@H](C)[C@@H]1C[C@@](O)(NC(=O)O1)[C@H](OC)/C=C/C=C(\C)C2. The Bertz CT molecular complexity index is 2350. The first-order valence-electron chi connectivity index (χ1n) is 22.9. The molecule has 0 unspecified atom stereocenters. The van der Waals surface area contributed by atoms with E-state index < -0.39 is 95.6 Å². The van der Waals surface area contributed by atoms with E-state index in [9.17, 15) is 38.7 Å². The van der Waals surface area contributed by atoms with E-state index in [1.807, 2.05) is 13.0 Å². The van der Waals surface area contributed by atoms with Gasteiger partial charge in [-0.15, -0.1) is 0 Å². The molecule has 22 heteroatoms. The number of epoxide rings is 1. The van der Waals surface area contributed by atoms with Gasteiger partial charge in [0.05, 0.1) is 25.3 Å². The van der Waals surface area contributed by atoms with Gasteiger partial charge in [0.2, 0.25) is 23.6 Å². The van der Waals surface area contributed by atoms with E-state index in [2.05, 4.69) is 31.9 Å². The number of ether oxygens (including phenoxy) is 5. The Morgan fingerprint density at radius 3 is 2.33 bits per heavy atom. The third-order valence-electron chi connectivity index (χ3n) is 12.5. The predicted molar refractivity (Wildman–Crippen MR) is 259 cm³/mol. The minimum atomic E-state index is -1.88. The molecule has 0 radical (unpaired) electrons. The van der Waals surface area contributed by atoms with Crippen molar-refractivity contribution in [1.29, 1.82) is 0 Å². The minimum Gasteiger partial charge on any atom is -0.495 e. The first kappa shape index (κ1) is 54.5. The number of allylic oxidation sites excluding steroid dienone is 3. The first-order valence-corrected chi connectivity index (χ1v) is 23.2. The van der Waals surface area contributed by atoms with Gasteiger partial charge in [-0.2, -0.15) is 0 Å². The average molecular weight is 998 g/mol. The van der Waals surface area contributed by atoms with Crippen LogP contribution in [0.15, 0.2) is 60.2 Å². The molecule has 2 aromatic carbocycles. The summed E-state index contributed by atoms with van der Waals surface area (Å²) < 4.78 is 29.2. The van der Waals surface area contributed by atoms with Crippen molar-refractivity contribution >= 4 is 70.5 Å². The van der Waals surface area contributed by atoms with Crippen LogP contribution in [-0.4, -0.2) is 123 Å². The fraction of sp³-hybridized carbons (Fsp3) is 0.521. The van der Waals surface area contributed by atoms with Crippen molar-refractivity contribution < 1.29 is 62.4 Å². The average Bonchev–Trinajstić information content (AvgIpc) is 3.99. The van der Waals surface area contributed by atoms with E-state index in [1.54, 1.807) is 59.0 Å². The Morgan fingerprint density at radius 2 is 1.71 bits per heavy atom. The van der Waals surface area contributed by atoms with E-state index in [-0.39, 0.29) is 48.9 Å². The van der Waals surface area contributed by atoms with Crippen molar-refractivity contribution in [1.82, 2.24) is 21.3 Å². The summed E-state index contributed by atoms with van der Waals surface area (Å²) in [6.07, 6.45) is -0.188. The smallest absolute Gasteiger partial charge is 0.412 e. The zero-order valence-electron chi connectivity index (χ0n) is 40.8. The zero-order chi connectivity index (χ0) is 51.7. The number of halogens is 1. The van der Waals surface area contributed by atoms with Gasteiger partial charge in [0.25, 0.3) is 0 Å². The van der Waals surface area contributed by atoms with Gasteiger partial charge in [-0.05, 0) is 81.0 Å². The Labute approximate surface area is 411 Å². The van der Waals surface area contributed by atoms with Gasteiger partial charge in [0.1, 0.15) is 46.8 Å². The fourth-order valence-corrected chi connectivity index (χ4v) is 8.86. The van der Waals surface area contributed by atoms with Gasteiger partial charge >= 0.3 is 18.2 Å². The maximum atomic E-state index is 14.3. The maximum Gasteiger partial charge on any atom is 0.412 e. The number of carbonyl (C=O) groups excluding carboxylic acids is 7. The van der Waals surface area contributed by atoms with Crippen molar-refractivity contribution in [3.63, 3.8) is 0 Å². The number of urea groups is 1. The lowest BCUT2D eigenvalue weighted by molar-refractivity contribution is -0.142. The molecule has 0 spiro atoms. The molecular weight excluding hydrogens is 932 g/mol. The summed E-state index contributed by atoms with van der Waals surface area (Å²) in [6.45, 7) is 10.3. The summed E-state index contributed by atoms with van der Waals surface area (Å²) in [5.74, 6) is -2.63. The monoisotopic (exact) mass is 996 g/mol. The second-order valence-electron chi connectivity index (χ2n) is 18.3. The Kier molecular flexibility index (Phi) is 18.3. The van der Waals surface area contributed by atoms with E-state index in [0.717, 1.165) is 11.1 Å². The van der Waals surface area contributed by atoms with Crippen molar-refractivity contribution in [2.45, 2.75) is 121 Å². The molecule has 9 atom stereocenters. The summed E-state index contributed by atoms with van der Waals surface area (Å²) in [7, 11) is 4.41. The van der Waals surface area contributed by atoms with Crippen LogP contribution >= 0.6 is 11.6 Å². The summed E-state index contributed by atoms with van der Waals surface area (Å²) in [6, 6.07) is 6.78. The topological polar surface area (TPSA) is 291 Å². The number of nitrogens with two attached hydrogens (primary N) is 1. The van der Waals surface area contributed by atoms with E-state index in [4.69, 9.17) is 41.0 Å². The number of rotatable bonds is 14. The lowest BCUT2D eigenvalue weighted by Crippen LogP contribution is -2.63. The zero-order valence-corrected chi connectivity index (χ0v) is 41.6. The molecule has 3 aliphatic heterocycles. The summed E-state index contributed by atoms with van der Waals surface area (Å²) in [5, 5.41) is 27.7. The number of carbonyl (C=O) groups is 7. The summed E-state index contributed by atoms with van der Waals surface area (Å²) in [4.78, 5) is 92.3. The number of nitrogens with zero attached hydrogens (tertiary/aromatic N) is 1. The molecular formula is C48H65ClN8O13. The Hall–Kier alpha value is -6.42. The first-order chi connectivity index (χ1) is 33.0. The van der Waals surface area contributed by atoms with Crippen LogP contribution in [-0.2, 0) is 44.5 Å². The largest absolute Gasteiger partial charge is 0.495 e. The third-order valence-corrected chi connectivity index (χ3v) is 12.9. The van der Waals surface area contributed by atoms with Crippen LogP contribution in [0.5, 0.6) is 5.75 Å². The molecule has 4 bridgehead atoms. The number of hydrogen-bond acceptors (Lipinski definition) is 13. The van der Waals surface area contributed by atoms with E-state index >= 15 is 0 Å². The molecule has 2 fully saturated rings. The van der Waals surface area contributed by atoms with E-state index in [0.29, 0.717) is 23.5 Å². The molecule has 0 aromatic heterocycles. The molecule has 2 aromatic rings.